The number of Topliss-reactive ketones (excluding diaryl/α,β-unsaturated/α-hetero) is 1. The predicted octanol–water partition coefficient (Wildman–Crippen LogP) is 1.94. The van der Waals surface area contributed by atoms with Gasteiger partial charge in [0.15, 0.2) is 0 Å². The molecule has 0 bridgehead atoms. The SMILES string of the molecule is CC(C)n1ncnc1CC(=O)CCOCC(F)(F)F. The number of carbonyl (C=O) groups excluding carboxylic acids is 1. The van der Waals surface area contributed by atoms with Crippen molar-refractivity contribution in [1.29, 1.82) is 0 Å². The van der Waals surface area contributed by atoms with Gasteiger partial charge in [-0.05, 0) is 13.8 Å². The quantitative estimate of drug-likeness (QED) is 0.716. The molecule has 108 valence electrons. The van der Waals surface area contributed by atoms with E-state index in [0.29, 0.717) is 5.82 Å². The summed E-state index contributed by atoms with van der Waals surface area (Å²) in [5, 5.41) is 3.97. The fourth-order valence-electron chi connectivity index (χ4n) is 1.47. The molecule has 0 radical (unpaired) electrons. The van der Waals surface area contributed by atoms with Crippen molar-refractivity contribution < 1.29 is 22.7 Å². The summed E-state index contributed by atoms with van der Waals surface area (Å²) < 4.78 is 41.4. The van der Waals surface area contributed by atoms with E-state index in [9.17, 15) is 18.0 Å². The highest BCUT2D eigenvalue weighted by atomic mass is 19.4. The average Bonchev–Trinajstić information content (AvgIpc) is 2.71. The molecule has 1 heterocycles. The lowest BCUT2D eigenvalue weighted by molar-refractivity contribution is -0.174. The fraction of sp³-hybridized carbons (Fsp3) is 0.727. The number of ether oxygens (including phenoxy) is 1. The summed E-state index contributed by atoms with van der Waals surface area (Å²) in [5.41, 5.74) is 0. The van der Waals surface area contributed by atoms with Gasteiger partial charge in [0.25, 0.3) is 0 Å². The summed E-state index contributed by atoms with van der Waals surface area (Å²) >= 11 is 0. The molecule has 0 aliphatic carbocycles. The van der Waals surface area contributed by atoms with Crippen LogP contribution in [0.3, 0.4) is 0 Å². The van der Waals surface area contributed by atoms with E-state index in [0.717, 1.165) is 0 Å². The van der Waals surface area contributed by atoms with E-state index in [1.54, 1.807) is 4.68 Å². The summed E-state index contributed by atoms with van der Waals surface area (Å²) in [7, 11) is 0. The van der Waals surface area contributed by atoms with Crippen LogP contribution in [0.2, 0.25) is 0 Å². The van der Waals surface area contributed by atoms with Crippen molar-refractivity contribution in [1.82, 2.24) is 14.8 Å². The van der Waals surface area contributed by atoms with Crippen molar-refractivity contribution in [2.24, 2.45) is 0 Å². The van der Waals surface area contributed by atoms with Gasteiger partial charge in [-0.25, -0.2) is 9.67 Å². The van der Waals surface area contributed by atoms with Gasteiger partial charge in [0, 0.05) is 12.5 Å². The first-order chi connectivity index (χ1) is 8.79. The zero-order valence-corrected chi connectivity index (χ0v) is 10.8. The number of hydrogen-bond donors (Lipinski definition) is 0. The van der Waals surface area contributed by atoms with Crippen LogP contribution >= 0.6 is 0 Å². The van der Waals surface area contributed by atoms with Crippen LogP contribution in [0, 0.1) is 0 Å². The Kier molecular flexibility index (Phi) is 5.46. The molecule has 0 unspecified atom stereocenters. The van der Waals surface area contributed by atoms with Crippen LogP contribution in [0.15, 0.2) is 6.33 Å². The molecule has 5 nitrogen and oxygen atoms in total. The van der Waals surface area contributed by atoms with Gasteiger partial charge in [-0.2, -0.15) is 18.3 Å². The molecular weight excluding hydrogens is 263 g/mol. The van der Waals surface area contributed by atoms with Crippen molar-refractivity contribution in [2.75, 3.05) is 13.2 Å². The van der Waals surface area contributed by atoms with Gasteiger partial charge in [-0.1, -0.05) is 0 Å². The predicted molar refractivity (Wildman–Crippen MR) is 60.6 cm³/mol. The van der Waals surface area contributed by atoms with Crippen LogP contribution in [-0.4, -0.2) is 39.9 Å². The molecule has 0 aromatic carbocycles. The molecule has 0 aliphatic heterocycles. The second-order valence-electron chi connectivity index (χ2n) is 4.35. The van der Waals surface area contributed by atoms with Crippen LogP contribution in [0.5, 0.6) is 0 Å². The monoisotopic (exact) mass is 279 g/mol. The number of ketones is 1. The number of nitrogens with zero attached hydrogens (tertiary/aromatic N) is 3. The standard InChI is InChI=1S/C11H16F3N3O2/c1-8(2)17-10(15-7-16-17)5-9(18)3-4-19-6-11(12,13)14/h7-8H,3-6H2,1-2H3. The number of alkyl halides is 3. The molecule has 0 atom stereocenters. The zero-order chi connectivity index (χ0) is 14.5. The summed E-state index contributed by atoms with van der Waals surface area (Å²) in [6.07, 6.45) is -3.03. The van der Waals surface area contributed by atoms with Crippen LogP contribution in [0.4, 0.5) is 13.2 Å². The maximum atomic E-state index is 11.8. The Balaban J connectivity index is 2.33. The molecule has 8 heteroatoms. The van der Waals surface area contributed by atoms with Gasteiger partial charge in [0.2, 0.25) is 0 Å². The minimum Gasteiger partial charge on any atom is -0.372 e. The normalized spacial score (nSPS) is 12.1. The molecule has 19 heavy (non-hydrogen) atoms. The lowest BCUT2D eigenvalue weighted by Gasteiger charge is -2.09. The maximum absolute atomic E-state index is 11.8. The van der Waals surface area contributed by atoms with Crippen LogP contribution in [0.1, 0.15) is 32.1 Å². The van der Waals surface area contributed by atoms with Crippen LogP contribution < -0.4 is 0 Å². The lowest BCUT2D eigenvalue weighted by atomic mass is 10.2. The van der Waals surface area contributed by atoms with Crippen molar-refractivity contribution in [3.05, 3.63) is 12.2 Å². The van der Waals surface area contributed by atoms with Crippen LogP contribution in [0.25, 0.3) is 0 Å². The first-order valence-electron chi connectivity index (χ1n) is 5.84. The molecule has 0 amide bonds. The first kappa shape index (κ1) is 15.6. The van der Waals surface area contributed by atoms with Crippen molar-refractivity contribution >= 4 is 5.78 Å². The minimum absolute atomic E-state index is 0.0492. The average molecular weight is 279 g/mol. The van der Waals surface area contributed by atoms with E-state index in [-0.39, 0.29) is 31.3 Å². The van der Waals surface area contributed by atoms with E-state index in [2.05, 4.69) is 14.8 Å². The highest BCUT2D eigenvalue weighted by molar-refractivity contribution is 5.80. The molecule has 0 saturated heterocycles. The highest BCUT2D eigenvalue weighted by Crippen LogP contribution is 2.14. The van der Waals surface area contributed by atoms with E-state index in [1.807, 2.05) is 13.8 Å². The molecule has 0 fully saturated rings. The van der Waals surface area contributed by atoms with Gasteiger partial charge in [0.05, 0.1) is 13.0 Å². The third-order valence-electron chi connectivity index (χ3n) is 2.28. The van der Waals surface area contributed by atoms with E-state index in [4.69, 9.17) is 0 Å². The van der Waals surface area contributed by atoms with Crippen molar-refractivity contribution in [3.63, 3.8) is 0 Å². The summed E-state index contributed by atoms with van der Waals surface area (Å²) in [6.45, 7) is 2.22. The summed E-state index contributed by atoms with van der Waals surface area (Å²) in [4.78, 5) is 15.5. The zero-order valence-electron chi connectivity index (χ0n) is 10.8. The molecule has 1 aromatic heterocycles. The molecule has 0 aliphatic rings. The number of halogens is 3. The molecule has 0 spiro atoms. The third kappa shape index (κ3) is 5.82. The van der Waals surface area contributed by atoms with Crippen molar-refractivity contribution in [2.45, 2.75) is 38.9 Å². The molecular formula is C11H16F3N3O2. The maximum Gasteiger partial charge on any atom is 0.411 e. The molecule has 0 N–H and O–H groups in total. The Bertz CT molecular complexity index is 416. The Hall–Kier alpha value is -1.44. The number of aromatic nitrogens is 3. The summed E-state index contributed by atoms with van der Waals surface area (Å²) in [6, 6.07) is 0.0757. The van der Waals surface area contributed by atoms with Crippen molar-refractivity contribution in [3.8, 4) is 0 Å². The van der Waals surface area contributed by atoms with Gasteiger partial charge < -0.3 is 4.74 Å². The van der Waals surface area contributed by atoms with Gasteiger partial charge in [-0.15, -0.1) is 0 Å². The second-order valence-corrected chi connectivity index (χ2v) is 4.35. The van der Waals surface area contributed by atoms with Gasteiger partial charge >= 0.3 is 6.18 Å². The fourth-order valence-corrected chi connectivity index (χ4v) is 1.47. The topological polar surface area (TPSA) is 57.0 Å². The Morgan fingerprint density at radius 1 is 1.47 bits per heavy atom. The third-order valence-corrected chi connectivity index (χ3v) is 2.28. The molecule has 1 aromatic rings. The Morgan fingerprint density at radius 3 is 2.74 bits per heavy atom. The largest absolute Gasteiger partial charge is 0.411 e. The van der Waals surface area contributed by atoms with Crippen LogP contribution in [-0.2, 0) is 16.0 Å². The molecule has 0 saturated carbocycles. The van der Waals surface area contributed by atoms with E-state index in [1.165, 1.54) is 6.33 Å². The Labute approximate surface area is 108 Å². The van der Waals surface area contributed by atoms with Gasteiger partial charge in [-0.3, -0.25) is 4.79 Å². The Morgan fingerprint density at radius 2 is 2.16 bits per heavy atom. The first-order valence-corrected chi connectivity index (χ1v) is 5.84. The van der Waals surface area contributed by atoms with Gasteiger partial charge in [0.1, 0.15) is 24.5 Å². The number of carbonyl (C=O) groups is 1. The lowest BCUT2D eigenvalue weighted by Crippen LogP contribution is -2.19. The minimum atomic E-state index is -4.36. The summed E-state index contributed by atoms with van der Waals surface area (Å²) in [5.74, 6) is 0.285. The highest BCUT2D eigenvalue weighted by Gasteiger charge is 2.27. The number of hydrogen-bond acceptors (Lipinski definition) is 4. The second kappa shape index (κ2) is 6.65. The molecule has 1 rings (SSSR count). The smallest absolute Gasteiger partial charge is 0.372 e. The number of rotatable bonds is 7. The van der Waals surface area contributed by atoms with E-state index < -0.39 is 12.8 Å². The van der Waals surface area contributed by atoms with E-state index >= 15 is 0 Å².